The molecule has 0 spiro atoms. The minimum absolute atomic E-state index is 0.309. The molecule has 1 aliphatic rings. The summed E-state index contributed by atoms with van der Waals surface area (Å²) in [6.07, 6.45) is 6.79. The Hall–Kier alpha value is -0.0800. The summed E-state index contributed by atoms with van der Waals surface area (Å²) in [5, 5.41) is 0. The monoisotopic (exact) mass is 198 g/mol. The number of hydrogen-bond donors (Lipinski definition) is 1. The molecule has 1 unspecified atom stereocenters. The Morgan fingerprint density at radius 1 is 1.29 bits per heavy atom. The van der Waals surface area contributed by atoms with E-state index < -0.39 is 0 Å². The Bertz CT molecular complexity index is 166. The summed E-state index contributed by atoms with van der Waals surface area (Å²) >= 11 is 0. The molecule has 1 fully saturated rings. The van der Waals surface area contributed by atoms with Gasteiger partial charge in [0.1, 0.15) is 0 Å². The lowest BCUT2D eigenvalue weighted by Crippen LogP contribution is -2.37. The van der Waals surface area contributed by atoms with Gasteiger partial charge in [0.25, 0.3) is 0 Å². The molecular formula is C12H26N2. The maximum Gasteiger partial charge on any atom is 0.00977 e. The third kappa shape index (κ3) is 3.58. The van der Waals surface area contributed by atoms with E-state index >= 15 is 0 Å². The number of nitrogens with two attached hydrogens (primary N) is 1. The summed E-state index contributed by atoms with van der Waals surface area (Å²) in [7, 11) is 2.27. The first-order chi connectivity index (χ1) is 6.55. The van der Waals surface area contributed by atoms with E-state index in [9.17, 15) is 0 Å². The number of hydrogen-bond acceptors (Lipinski definition) is 2. The van der Waals surface area contributed by atoms with Crippen LogP contribution in [-0.4, -0.2) is 31.1 Å². The van der Waals surface area contributed by atoms with Crippen LogP contribution in [-0.2, 0) is 0 Å². The van der Waals surface area contributed by atoms with Crippen molar-refractivity contribution in [2.75, 3.05) is 20.1 Å². The first-order valence-electron chi connectivity index (χ1n) is 5.95. The summed E-state index contributed by atoms with van der Waals surface area (Å²) < 4.78 is 0. The van der Waals surface area contributed by atoms with Crippen LogP contribution < -0.4 is 5.73 Å². The predicted octanol–water partition coefficient (Wildman–Crippen LogP) is 2.24. The lowest BCUT2D eigenvalue weighted by molar-refractivity contribution is 0.175. The van der Waals surface area contributed by atoms with Crippen molar-refractivity contribution in [1.29, 1.82) is 0 Å². The minimum Gasteiger partial charge on any atom is -0.330 e. The fourth-order valence-electron chi connectivity index (χ4n) is 2.30. The lowest BCUT2D eigenvalue weighted by atomic mass is 9.84. The average Bonchev–Trinajstić information content (AvgIpc) is 2.32. The van der Waals surface area contributed by atoms with Gasteiger partial charge in [-0.1, -0.05) is 26.7 Å². The quantitative estimate of drug-likeness (QED) is 0.753. The molecule has 2 nitrogen and oxygen atoms in total. The van der Waals surface area contributed by atoms with E-state index in [1.54, 1.807) is 0 Å². The van der Waals surface area contributed by atoms with Gasteiger partial charge in [0.15, 0.2) is 0 Å². The molecule has 84 valence electrons. The number of rotatable bonds is 3. The Labute approximate surface area is 88.8 Å². The molecule has 0 saturated carbocycles. The molecule has 2 N–H and O–H groups in total. The lowest BCUT2D eigenvalue weighted by Gasteiger charge is -2.33. The average molecular weight is 198 g/mol. The Morgan fingerprint density at radius 2 is 2.00 bits per heavy atom. The highest BCUT2D eigenvalue weighted by molar-refractivity contribution is 4.80. The molecule has 1 heterocycles. The van der Waals surface area contributed by atoms with Gasteiger partial charge in [-0.05, 0) is 44.8 Å². The van der Waals surface area contributed by atoms with E-state index in [0.29, 0.717) is 5.41 Å². The van der Waals surface area contributed by atoms with Gasteiger partial charge >= 0.3 is 0 Å². The molecule has 1 rings (SSSR count). The second kappa shape index (κ2) is 5.13. The van der Waals surface area contributed by atoms with Crippen LogP contribution in [0.5, 0.6) is 0 Å². The summed E-state index contributed by atoms with van der Waals surface area (Å²) in [4.78, 5) is 2.53. The molecule has 0 aromatic heterocycles. The van der Waals surface area contributed by atoms with Gasteiger partial charge in [0.05, 0.1) is 0 Å². The van der Waals surface area contributed by atoms with Gasteiger partial charge in [0.2, 0.25) is 0 Å². The second-order valence-corrected chi connectivity index (χ2v) is 5.56. The topological polar surface area (TPSA) is 29.3 Å². The summed E-state index contributed by atoms with van der Waals surface area (Å²) in [6.45, 7) is 6.64. The molecule has 0 radical (unpaired) electrons. The van der Waals surface area contributed by atoms with Crippen molar-refractivity contribution in [3.8, 4) is 0 Å². The minimum atomic E-state index is 0.309. The van der Waals surface area contributed by atoms with Crippen molar-refractivity contribution < 1.29 is 0 Å². The van der Waals surface area contributed by atoms with Crippen LogP contribution in [0, 0.1) is 5.41 Å². The SMILES string of the molecule is CN1CCCCCC1CC(C)(C)CN. The maximum absolute atomic E-state index is 5.79. The first-order valence-corrected chi connectivity index (χ1v) is 5.95. The Kier molecular flexibility index (Phi) is 4.39. The molecule has 1 aliphatic heterocycles. The second-order valence-electron chi connectivity index (χ2n) is 5.56. The first kappa shape index (κ1) is 12.0. The van der Waals surface area contributed by atoms with Crippen LogP contribution in [0.1, 0.15) is 46.0 Å². The third-order valence-corrected chi connectivity index (χ3v) is 3.51. The normalized spacial score (nSPS) is 26.1. The smallest absolute Gasteiger partial charge is 0.00977 e. The summed E-state index contributed by atoms with van der Waals surface area (Å²) in [5.74, 6) is 0. The van der Waals surface area contributed by atoms with Crippen LogP contribution >= 0.6 is 0 Å². The van der Waals surface area contributed by atoms with Crippen LogP contribution in [0.4, 0.5) is 0 Å². The number of nitrogens with zero attached hydrogens (tertiary/aromatic N) is 1. The van der Waals surface area contributed by atoms with Crippen molar-refractivity contribution in [3.63, 3.8) is 0 Å². The zero-order valence-corrected chi connectivity index (χ0v) is 10.1. The van der Waals surface area contributed by atoms with E-state index in [-0.39, 0.29) is 0 Å². The van der Waals surface area contributed by atoms with E-state index in [1.165, 1.54) is 38.6 Å². The van der Waals surface area contributed by atoms with Crippen LogP contribution in [0.2, 0.25) is 0 Å². The molecule has 0 aromatic rings. The highest BCUT2D eigenvalue weighted by Gasteiger charge is 2.25. The van der Waals surface area contributed by atoms with Crippen molar-refractivity contribution in [1.82, 2.24) is 4.90 Å². The van der Waals surface area contributed by atoms with Crippen molar-refractivity contribution in [2.45, 2.75) is 52.0 Å². The molecule has 1 atom stereocenters. The van der Waals surface area contributed by atoms with Crippen LogP contribution in [0.15, 0.2) is 0 Å². The maximum atomic E-state index is 5.79. The van der Waals surface area contributed by atoms with Crippen LogP contribution in [0.25, 0.3) is 0 Å². The van der Waals surface area contributed by atoms with Crippen molar-refractivity contribution >= 4 is 0 Å². The zero-order chi connectivity index (χ0) is 10.6. The molecule has 2 heteroatoms. The van der Waals surface area contributed by atoms with E-state index in [2.05, 4.69) is 25.8 Å². The molecule has 0 amide bonds. The molecular weight excluding hydrogens is 172 g/mol. The fraction of sp³-hybridized carbons (Fsp3) is 1.00. The van der Waals surface area contributed by atoms with E-state index in [4.69, 9.17) is 5.73 Å². The molecule has 1 saturated heterocycles. The van der Waals surface area contributed by atoms with E-state index in [0.717, 1.165) is 12.6 Å². The van der Waals surface area contributed by atoms with E-state index in [1.807, 2.05) is 0 Å². The summed E-state index contributed by atoms with van der Waals surface area (Å²) in [5.41, 5.74) is 6.10. The van der Waals surface area contributed by atoms with Gasteiger partial charge in [-0.2, -0.15) is 0 Å². The third-order valence-electron chi connectivity index (χ3n) is 3.51. The van der Waals surface area contributed by atoms with Crippen molar-refractivity contribution in [3.05, 3.63) is 0 Å². The molecule has 0 aromatic carbocycles. The van der Waals surface area contributed by atoms with Crippen LogP contribution in [0.3, 0.4) is 0 Å². The van der Waals surface area contributed by atoms with Gasteiger partial charge in [-0.15, -0.1) is 0 Å². The fourth-order valence-corrected chi connectivity index (χ4v) is 2.30. The Balaban J connectivity index is 2.48. The van der Waals surface area contributed by atoms with Gasteiger partial charge in [-0.25, -0.2) is 0 Å². The molecule has 0 aliphatic carbocycles. The van der Waals surface area contributed by atoms with Gasteiger partial charge < -0.3 is 10.6 Å². The Morgan fingerprint density at radius 3 is 2.64 bits per heavy atom. The van der Waals surface area contributed by atoms with Gasteiger partial charge in [0, 0.05) is 6.04 Å². The summed E-state index contributed by atoms with van der Waals surface area (Å²) in [6, 6.07) is 0.760. The zero-order valence-electron chi connectivity index (χ0n) is 10.1. The molecule has 14 heavy (non-hydrogen) atoms. The highest BCUT2D eigenvalue weighted by atomic mass is 15.1. The highest BCUT2D eigenvalue weighted by Crippen LogP contribution is 2.27. The predicted molar refractivity (Wildman–Crippen MR) is 62.3 cm³/mol. The number of likely N-dealkylation sites (tertiary alicyclic amines) is 1. The van der Waals surface area contributed by atoms with Gasteiger partial charge in [-0.3, -0.25) is 0 Å². The standard InChI is InChI=1S/C12H26N2/c1-12(2,10-13)9-11-7-5-4-6-8-14(11)3/h11H,4-10,13H2,1-3H3. The van der Waals surface area contributed by atoms with Crippen molar-refractivity contribution in [2.24, 2.45) is 11.1 Å². The molecule has 0 bridgehead atoms. The largest absolute Gasteiger partial charge is 0.330 e.